The van der Waals surface area contributed by atoms with E-state index in [1.165, 1.54) is 4.22 Å². The van der Waals surface area contributed by atoms with Gasteiger partial charge in [0.2, 0.25) is 7.98 Å². The van der Waals surface area contributed by atoms with Gasteiger partial charge in [-0.1, -0.05) is 0 Å². The van der Waals surface area contributed by atoms with Crippen LogP contribution < -0.4 is 0 Å². The fraction of sp³-hybridized carbons (Fsp3) is 0.417. The van der Waals surface area contributed by atoms with E-state index in [0.717, 1.165) is 14.8 Å². The second-order valence-corrected chi connectivity index (χ2v) is 8.70. The lowest BCUT2D eigenvalue weighted by Crippen LogP contribution is -2.35. The summed E-state index contributed by atoms with van der Waals surface area (Å²) in [5.74, 6) is 0. The minimum Gasteiger partial charge on any atom is -0.306 e. The number of halogens is 1. The summed E-state index contributed by atoms with van der Waals surface area (Å²) in [6.07, 6.45) is 3.70. The van der Waals surface area contributed by atoms with E-state index in [1.54, 1.807) is 6.33 Å². The Bertz CT molecular complexity index is 623. The first-order valence-corrected chi connectivity index (χ1v) is 8.03. The molecule has 0 spiro atoms. The quantitative estimate of drug-likeness (QED) is 0.599. The molecule has 0 saturated carbocycles. The van der Waals surface area contributed by atoms with Crippen molar-refractivity contribution >= 4 is 47.1 Å². The van der Waals surface area contributed by atoms with Crippen LogP contribution in [0.15, 0.2) is 24.7 Å². The highest BCUT2D eigenvalue weighted by Gasteiger charge is 2.24. The smallest absolute Gasteiger partial charge is 0.203 e. The minimum atomic E-state index is -1.25. The highest BCUT2D eigenvalue weighted by molar-refractivity contribution is 14.1. The van der Waals surface area contributed by atoms with Gasteiger partial charge < -0.3 is 4.40 Å². The van der Waals surface area contributed by atoms with Crippen LogP contribution in [-0.2, 0) is 17.5 Å². The number of fused-ring (bicyclic) bond motifs is 1. The summed E-state index contributed by atoms with van der Waals surface area (Å²) in [5, 5.41) is 0. The summed E-state index contributed by atoms with van der Waals surface area (Å²) in [6.45, 7) is 6.06. The molecule has 0 aliphatic heterocycles. The number of hydrogen-bond acceptors (Lipinski definition) is 2. The third-order valence-electron chi connectivity index (χ3n) is 2.62. The number of hydrogen-bond donors (Lipinski definition) is 0. The molecule has 0 bridgehead atoms. The molecule has 2 aromatic heterocycles. The number of imidazole rings is 1. The maximum atomic E-state index is 12.2. The molecule has 2 aromatic rings. The van der Waals surface area contributed by atoms with Gasteiger partial charge in [0, 0.05) is 16.3 Å². The summed E-state index contributed by atoms with van der Waals surface area (Å²) in [7, 11) is 4.65. The Hall–Kier alpha value is -0.405. The average molecular weight is 387 g/mol. The highest BCUT2D eigenvalue weighted by Crippen LogP contribution is 2.19. The van der Waals surface area contributed by atoms with E-state index in [2.05, 4.69) is 27.6 Å². The van der Waals surface area contributed by atoms with Gasteiger partial charge in [-0.05, 0) is 55.5 Å². The van der Waals surface area contributed by atoms with E-state index in [9.17, 15) is 4.21 Å². The molecule has 0 N–H and O–H groups in total. The first-order chi connectivity index (χ1) is 8.79. The third-order valence-corrected chi connectivity index (χ3v) is 4.90. The van der Waals surface area contributed by atoms with Crippen molar-refractivity contribution in [3.63, 3.8) is 0 Å². The molecule has 0 aromatic carbocycles. The van der Waals surface area contributed by atoms with Gasteiger partial charge in [0.25, 0.3) is 0 Å². The largest absolute Gasteiger partial charge is 0.306 e. The Balaban J connectivity index is 2.27. The summed E-state index contributed by atoms with van der Waals surface area (Å²) in [5.41, 5.74) is 1.83. The molecule has 0 amide bonds. The summed E-state index contributed by atoms with van der Waals surface area (Å²) >= 11 is 2.26. The van der Waals surface area contributed by atoms with Gasteiger partial charge >= 0.3 is 0 Å². The second kappa shape index (κ2) is 5.53. The molecule has 0 aliphatic carbocycles. The zero-order valence-electron chi connectivity index (χ0n) is 11.1. The monoisotopic (exact) mass is 387 g/mol. The third kappa shape index (κ3) is 3.38. The molecule has 4 nitrogen and oxygen atoms in total. The molecular weight excluding hydrogens is 372 g/mol. The molecular formula is C12H15BIN3OS. The summed E-state index contributed by atoms with van der Waals surface area (Å²) in [6, 6.07) is 4.04. The average Bonchev–Trinajstić information content (AvgIpc) is 2.69. The highest BCUT2D eigenvalue weighted by atomic mass is 127. The maximum absolute atomic E-state index is 12.2. The summed E-state index contributed by atoms with van der Waals surface area (Å²) in [4.78, 5) is 4.34. The normalized spacial score (nSPS) is 14.2. The molecule has 19 heavy (non-hydrogen) atoms. The topological polar surface area (TPSA) is 37.6 Å². The Morgan fingerprint density at radius 1 is 1.53 bits per heavy atom. The van der Waals surface area contributed by atoms with Gasteiger partial charge in [0.1, 0.15) is 0 Å². The van der Waals surface area contributed by atoms with Crippen LogP contribution >= 0.6 is 22.6 Å². The SMILES string of the molecule is [B]N(Cc1ncn2ccc(I)cc12)S(=O)C(C)(C)C. The number of nitrogens with zero attached hydrogens (tertiary/aromatic N) is 3. The minimum absolute atomic E-state index is 0.362. The fourth-order valence-corrected chi connectivity index (χ4v) is 3.09. The zero-order valence-corrected chi connectivity index (χ0v) is 14.1. The molecule has 1 unspecified atom stereocenters. The summed E-state index contributed by atoms with van der Waals surface area (Å²) < 4.78 is 16.2. The predicted octanol–water partition coefficient (Wildman–Crippen LogP) is 2.29. The van der Waals surface area contributed by atoms with E-state index in [0.29, 0.717) is 6.54 Å². The maximum Gasteiger partial charge on any atom is 0.203 e. The predicted molar refractivity (Wildman–Crippen MR) is 87.1 cm³/mol. The van der Waals surface area contributed by atoms with Crippen molar-refractivity contribution < 1.29 is 4.21 Å². The molecule has 100 valence electrons. The van der Waals surface area contributed by atoms with Crippen molar-refractivity contribution in [3.05, 3.63) is 33.9 Å². The Labute approximate surface area is 130 Å². The lowest BCUT2D eigenvalue weighted by Gasteiger charge is -2.25. The van der Waals surface area contributed by atoms with E-state index in [-0.39, 0.29) is 4.75 Å². The molecule has 2 rings (SSSR count). The number of pyridine rings is 1. The Morgan fingerprint density at radius 2 is 2.21 bits per heavy atom. The van der Waals surface area contributed by atoms with Crippen molar-refractivity contribution in [1.82, 2.24) is 13.6 Å². The molecule has 7 heteroatoms. The van der Waals surface area contributed by atoms with E-state index < -0.39 is 11.0 Å². The Kier molecular flexibility index (Phi) is 4.37. The molecule has 1 atom stereocenters. The van der Waals surface area contributed by atoms with Crippen molar-refractivity contribution in [2.45, 2.75) is 32.1 Å². The van der Waals surface area contributed by atoms with Crippen LogP contribution in [0.1, 0.15) is 26.5 Å². The van der Waals surface area contributed by atoms with Crippen molar-refractivity contribution in [1.29, 1.82) is 0 Å². The van der Waals surface area contributed by atoms with Gasteiger partial charge in [-0.25, -0.2) is 9.19 Å². The van der Waals surface area contributed by atoms with E-state index in [4.69, 9.17) is 7.98 Å². The second-order valence-electron chi connectivity index (χ2n) is 5.27. The molecule has 0 fully saturated rings. The van der Waals surface area contributed by atoms with Crippen LogP contribution in [0.2, 0.25) is 0 Å². The zero-order chi connectivity index (χ0) is 14.2. The molecule has 2 heterocycles. The standard InChI is InChI=1S/C12H15BIN3OS/c1-12(2,3)19(18)17(13)7-10-11-6-9(14)4-5-16(11)8-15-10/h4-6,8H,7H2,1-3H3. The van der Waals surface area contributed by atoms with Gasteiger partial charge in [0.05, 0.1) is 33.3 Å². The van der Waals surface area contributed by atoms with Crippen LogP contribution in [0.5, 0.6) is 0 Å². The van der Waals surface area contributed by atoms with Crippen LogP contribution in [0.4, 0.5) is 0 Å². The fourth-order valence-electron chi connectivity index (χ4n) is 1.70. The molecule has 2 radical (unpaired) electrons. The van der Waals surface area contributed by atoms with E-state index in [1.807, 2.05) is 43.5 Å². The molecule has 0 saturated heterocycles. The van der Waals surface area contributed by atoms with Gasteiger partial charge in [-0.2, -0.15) is 0 Å². The van der Waals surface area contributed by atoms with Crippen LogP contribution in [0.3, 0.4) is 0 Å². The van der Waals surface area contributed by atoms with Crippen molar-refractivity contribution in [2.24, 2.45) is 0 Å². The lowest BCUT2D eigenvalue weighted by atomic mass is 10.3. The first kappa shape index (κ1) is 15.0. The van der Waals surface area contributed by atoms with Crippen molar-refractivity contribution in [2.75, 3.05) is 0 Å². The number of aromatic nitrogens is 2. The van der Waals surface area contributed by atoms with Gasteiger partial charge in [-0.15, -0.1) is 0 Å². The number of rotatable bonds is 3. The Morgan fingerprint density at radius 3 is 2.84 bits per heavy atom. The van der Waals surface area contributed by atoms with Crippen LogP contribution in [-0.4, -0.2) is 30.5 Å². The molecule has 0 aliphatic rings. The van der Waals surface area contributed by atoms with E-state index >= 15 is 0 Å². The first-order valence-electron chi connectivity index (χ1n) is 5.84. The van der Waals surface area contributed by atoms with Crippen molar-refractivity contribution in [3.8, 4) is 0 Å². The van der Waals surface area contributed by atoms with Crippen LogP contribution in [0.25, 0.3) is 5.52 Å². The van der Waals surface area contributed by atoms with Crippen LogP contribution in [0, 0.1) is 3.57 Å². The lowest BCUT2D eigenvalue weighted by molar-refractivity contribution is 0.579. The van der Waals surface area contributed by atoms with Gasteiger partial charge in [-0.3, -0.25) is 4.22 Å². The van der Waals surface area contributed by atoms with Gasteiger partial charge in [0.15, 0.2) is 0 Å².